The third-order valence-corrected chi connectivity index (χ3v) is 4.59. The molecule has 1 aromatic heterocycles. The summed E-state index contributed by atoms with van der Waals surface area (Å²) in [5.41, 5.74) is 2.28. The fourth-order valence-electron chi connectivity index (χ4n) is 3.10. The summed E-state index contributed by atoms with van der Waals surface area (Å²) < 4.78 is 0. The predicted octanol–water partition coefficient (Wildman–Crippen LogP) is 3.20. The first kappa shape index (κ1) is 14.5. The number of rotatable bonds is 3. The summed E-state index contributed by atoms with van der Waals surface area (Å²) in [6.07, 6.45) is 2.40. The fourth-order valence-corrected chi connectivity index (χ4v) is 3.10. The molecule has 0 amide bonds. The van der Waals surface area contributed by atoms with Gasteiger partial charge in [-0.25, -0.2) is 0 Å². The number of nitrogens with one attached hydrogen (secondary N) is 1. The zero-order valence-corrected chi connectivity index (χ0v) is 13.0. The van der Waals surface area contributed by atoms with Gasteiger partial charge in [-0.1, -0.05) is 31.2 Å². The van der Waals surface area contributed by atoms with Crippen molar-refractivity contribution in [1.82, 2.24) is 15.2 Å². The van der Waals surface area contributed by atoms with Crippen LogP contribution in [-0.2, 0) is 6.54 Å². The summed E-state index contributed by atoms with van der Waals surface area (Å²) in [6.45, 7) is 7.79. The van der Waals surface area contributed by atoms with Crippen molar-refractivity contribution >= 4 is 10.9 Å². The van der Waals surface area contributed by atoms with E-state index in [1.165, 1.54) is 23.9 Å². The topological polar surface area (TPSA) is 28.2 Å². The molecule has 112 valence electrons. The van der Waals surface area contributed by atoms with Crippen LogP contribution < -0.4 is 5.32 Å². The van der Waals surface area contributed by atoms with Gasteiger partial charge in [0.1, 0.15) is 0 Å². The highest BCUT2D eigenvalue weighted by Crippen LogP contribution is 2.17. The van der Waals surface area contributed by atoms with Crippen LogP contribution in [0.2, 0.25) is 0 Å². The smallest absolute Gasteiger partial charge is 0.0705 e. The number of nitrogens with zero attached hydrogens (tertiary/aromatic N) is 2. The van der Waals surface area contributed by atoms with Gasteiger partial charge in [0, 0.05) is 30.6 Å². The molecule has 0 saturated carbocycles. The van der Waals surface area contributed by atoms with Gasteiger partial charge in [0.2, 0.25) is 0 Å². The number of benzene rings is 1. The lowest BCUT2D eigenvalue weighted by Crippen LogP contribution is -2.39. The summed E-state index contributed by atoms with van der Waals surface area (Å²) in [6, 6.07) is 13.9. The Morgan fingerprint density at radius 2 is 2.10 bits per heavy atom. The molecule has 3 rings (SSSR count). The van der Waals surface area contributed by atoms with Gasteiger partial charge in [-0.05, 0) is 38.4 Å². The van der Waals surface area contributed by atoms with Crippen LogP contribution >= 0.6 is 0 Å². The Morgan fingerprint density at radius 3 is 2.95 bits per heavy atom. The molecule has 1 aliphatic heterocycles. The van der Waals surface area contributed by atoms with E-state index in [2.05, 4.69) is 60.5 Å². The largest absolute Gasteiger partial charge is 0.313 e. The summed E-state index contributed by atoms with van der Waals surface area (Å²) in [5.74, 6) is 0. The van der Waals surface area contributed by atoms with Crippen LogP contribution in [-0.4, -0.2) is 35.1 Å². The minimum atomic E-state index is 0.607. The Hall–Kier alpha value is -1.45. The Bertz CT molecular complexity index is 596. The van der Waals surface area contributed by atoms with Gasteiger partial charge in [0.15, 0.2) is 0 Å². The van der Waals surface area contributed by atoms with Crippen molar-refractivity contribution < 1.29 is 0 Å². The lowest BCUT2D eigenvalue weighted by Gasteiger charge is -2.28. The molecule has 3 heteroatoms. The van der Waals surface area contributed by atoms with Crippen LogP contribution in [0.3, 0.4) is 0 Å². The van der Waals surface area contributed by atoms with E-state index in [4.69, 9.17) is 4.98 Å². The highest BCUT2D eigenvalue weighted by atomic mass is 15.2. The maximum absolute atomic E-state index is 4.82. The zero-order valence-electron chi connectivity index (χ0n) is 13.0. The minimum absolute atomic E-state index is 0.607. The maximum Gasteiger partial charge on any atom is 0.0705 e. The van der Waals surface area contributed by atoms with Gasteiger partial charge in [0.25, 0.3) is 0 Å². The lowest BCUT2D eigenvalue weighted by molar-refractivity contribution is 0.192. The molecule has 2 atom stereocenters. The van der Waals surface area contributed by atoms with Crippen molar-refractivity contribution in [3.63, 3.8) is 0 Å². The van der Waals surface area contributed by atoms with Crippen LogP contribution in [0.4, 0.5) is 0 Å². The SMILES string of the molecule is CCC1CN(Cc2ccc3ccccc3n2)C(C)CCN1. The van der Waals surface area contributed by atoms with Crippen LogP contribution in [0.1, 0.15) is 32.4 Å². The van der Waals surface area contributed by atoms with Gasteiger partial charge in [-0.3, -0.25) is 9.88 Å². The highest BCUT2D eigenvalue weighted by molar-refractivity contribution is 5.78. The van der Waals surface area contributed by atoms with E-state index in [0.717, 1.165) is 25.2 Å². The molecule has 0 bridgehead atoms. The third kappa shape index (κ3) is 3.42. The second-order valence-electron chi connectivity index (χ2n) is 6.12. The first-order valence-corrected chi connectivity index (χ1v) is 8.08. The Kier molecular flexibility index (Phi) is 4.51. The molecule has 3 nitrogen and oxygen atoms in total. The lowest BCUT2D eigenvalue weighted by atomic mass is 10.1. The molecule has 0 spiro atoms. The molecule has 1 aromatic carbocycles. The molecule has 2 heterocycles. The van der Waals surface area contributed by atoms with Crippen molar-refractivity contribution in [2.24, 2.45) is 0 Å². The van der Waals surface area contributed by atoms with Gasteiger partial charge in [-0.2, -0.15) is 0 Å². The maximum atomic E-state index is 4.82. The van der Waals surface area contributed by atoms with E-state index >= 15 is 0 Å². The van der Waals surface area contributed by atoms with Crippen LogP contribution in [0.25, 0.3) is 10.9 Å². The Labute approximate surface area is 127 Å². The van der Waals surface area contributed by atoms with E-state index < -0.39 is 0 Å². The van der Waals surface area contributed by atoms with Gasteiger partial charge in [0.05, 0.1) is 11.2 Å². The highest BCUT2D eigenvalue weighted by Gasteiger charge is 2.22. The average Bonchev–Trinajstić information content (AvgIpc) is 2.69. The standard InChI is InChI=1S/C18H25N3/c1-3-16-12-21(14(2)10-11-19-16)13-17-9-8-15-6-4-5-7-18(15)20-17/h4-9,14,16,19H,3,10-13H2,1-2H3. The number of hydrogen-bond donors (Lipinski definition) is 1. The Morgan fingerprint density at radius 1 is 1.24 bits per heavy atom. The quantitative estimate of drug-likeness (QED) is 0.937. The summed E-state index contributed by atoms with van der Waals surface area (Å²) in [5, 5.41) is 4.87. The van der Waals surface area contributed by atoms with Crippen molar-refractivity contribution in [1.29, 1.82) is 0 Å². The van der Waals surface area contributed by atoms with Crippen molar-refractivity contribution in [2.45, 2.75) is 45.3 Å². The second-order valence-corrected chi connectivity index (χ2v) is 6.12. The van der Waals surface area contributed by atoms with Crippen molar-refractivity contribution in [3.05, 3.63) is 42.1 Å². The number of hydrogen-bond acceptors (Lipinski definition) is 3. The summed E-state index contributed by atoms with van der Waals surface area (Å²) in [4.78, 5) is 7.40. The normalized spacial score (nSPS) is 24.1. The molecule has 1 N–H and O–H groups in total. The average molecular weight is 283 g/mol. The number of fused-ring (bicyclic) bond motifs is 1. The molecule has 21 heavy (non-hydrogen) atoms. The molecule has 0 aliphatic carbocycles. The number of para-hydroxylation sites is 1. The van der Waals surface area contributed by atoms with E-state index in [9.17, 15) is 0 Å². The summed E-state index contributed by atoms with van der Waals surface area (Å²) in [7, 11) is 0. The number of aromatic nitrogens is 1. The van der Waals surface area contributed by atoms with Crippen LogP contribution in [0, 0.1) is 0 Å². The molecule has 1 fully saturated rings. The van der Waals surface area contributed by atoms with E-state index in [1.807, 2.05) is 0 Å². The van der Waals surface area contributed by atoms with E-state index in [0.29, 0.717) is 12.1 Å². The fraction of sp³-hybridized carbons (Fsp3) is 0.500. The molecular weight excluding hydrogens is 258 g/mol. The van der Waals surface area contributed by atoms with Crippen molar-refractivity contribution in [2.75, 3.05) is 13.1 Å². The van der Waals surface area contributed by atoms with Gasteiger partial charge in [-0.15, -0.1) is 0 Å². The molecule has 2 unspecified atom stereocenters. The molecule has 2 aromatic rings. The van der Waals surface area contributed by atoms with Gasteiger partial charge < -0.3 is 5.32 Å². The molecular formula is C18H25N3. The van der Waals surface area contributed by atoms with Gasteiger partial charge >= 0.3 is 0 Å². The molecule has 0 radical (unpaired) electrons. The second kappa shape index (κ2) is 6.54. The van der Waals surface area contributed by atoms with E-state index in [-0.39, 0.29) is 0 Å². The first-order valence-electron chi connectivity index (χ1n) is 8.08. The molecule has 1 aliphatic rings. The van der Waals surface area contributed by atoms with Crippen LogP contribution in [0.5, 0.6) is 0 Å². The zero-order chi connectivity index (χ0) is 14.7. The number of pyridine rings is 1. The summed E-state index contributed by atoms with van der Waals surface area (Å²) >= 11 is 0. The predicted molar refractivity (Wildman–Crippen MR) is 88.3 cm³/mol. The van der Waals surface area contributed by atoms with Crippen molar-refractivity contribution in [3.8, 4) is 0 Å². The van der Waals surface area contributed by atoms with E-state index in [1.54, 1.807) is 0 Å². The van der Waals surface area contributed by atoms with Crippen LogP contribution in [0.15, 0.2) is 36.4 Å². The third-order valence-electron chi connectivity index (χ3n) is 4.59. The first-order chi connectivity index (χ1) is 10.3. The monoisotopic (exact) mass is 283 g/mol. The minimum Gasteiger partial charge on any atom is -0.313 e. The Balaban J connectivity index is 1.78. The molecule has 1 saturated heterocycles.